The summed E-state index contributed by atoms with van der Waals surface area (Å²) in [5.74, 6) is 3.56. The third-order valence-electron chi connectivity index (χ3n) is 5.97. The summed E-state index contributed by atoms with van der Waals surface area (Å²) in [5, 5.41) is 4.19. The smallest absolute Gasteiger partial charge is 0.261 e. The fourth-order valence-corrected chi connectivity index (χ4v) is 6.07. The summed E-state index contributed by atoms with van der Waals surface area (Å²) >= 11 is 1.49. The van der Waals surface area contributed by atoms with Gasteiger partial charge in [-0.3, -0.25) is 4.79 Å². The van der Waals surface area contributed by atoms with Crippen LogP contribution in [0.4, 0.5) is 0 Å². The lowest BCUT2D eigenvalue weighted by Crippen LogP contribution is -2.26. The molecule has 2 fully saturated rings. The normalized spacial score (nSPS) is 25.5. The molecule has 128 valence electrons. The minimum Gasteiger partial charge on any atom is -0.351 e. The Morgan fingerprint density at radius 1 is 1.21 bits per heavy atom. The number of rotatable bonds is 4. The summed E-state index contributed by atoms with van der Waals surface area (Å²) in [6.07, 6.45) is 6.81. The molecule has 2 saturated carbocycles. The lowest BCUT2D eigenvalue weighted by molar-refractivity contribution is 0.0953. The first-order chi connectivity index (χ1) is 11.5. The zero-order chi connectivity index (χ0) is 16.8. The molecule has 1 amide bonds. The molecule has 2 aromatic rings. The van der Waals surface area contributed by atoms with Crippen molar-refractivity contribution in [1.82, 2.24) is 15.3 Å². The van der Waals surface area contributed by atoms with E-state index in [-0.39, 0.29) is 5.91 Å². The predicted molar refractivity (Wildman–Crippen MR) is 97.5 cm³/mol. The van der Waals surface area contributed by atoms with E-state index < -0.39 is 0 Å². The Kier molecular flexibility index (Phi) is 4.07. The molecule has 0 aliphatic heterocycles. The highest BCUT2D eigenvalue weighted by Crippen LogP contribution is 2.49. The summed E-state index contributed by atoms with van der Waals surface area (Å²) in [6, 6.07) is 0. The number of nitrogens with one attached hydrogen (secondary N) is 1. The van der Waals surface area contributed by atoms with Crippen LogP contribution in [0.2, 0.25) is 0 Å². The van der Waals surface area contributed by atoms with Crippen molar-refractivity contribution in [3.63, 3.8) is 0 Å². The van der Waals surface area contributed by atoms with Gasteiger partial charge < -0.3 is 5.32 Å². The number of thiophene rings is 1. The zero-order valence-electron chi connectivity index (χ0n) is 14.7. The lowest BCUT2D eigenvalue weighted by atomic mass is 9.86. The largest absolute Gasteiger partial charge is 0.351 e. The van der Waals surface area contributed by atoms with Crippen LogP contribution in [0.3, 0.4) is 0 Å². The Hall–Kier alpha value is -1.49. The second-order valence-corrected chi connectivity index (χ2v) is 8.57. The molecule has 4 rings (SSSR count). The minimum absolute atomic E-state index is 0.0516. The predicted octanol–water partition coefficient (Wildman–Crippen LogP) is 4.17. The van der Waals surface area contributed by atoms with E-state index in [2.05, 4.69) is 15.3 Å². The summed E-state index contributed by atoms with van der Waals surface area (Å²) in [7, 11) is 0. The van der Waals surface area contributed by atoms with Crippen LogP contribution in [0.5, 0.6) is 0 Å². The van der Waals surface area contributed by atoms with Crippen molar-refractivity contribution in [2.75, 3.05) is 6.54 Å². The van der Waals surface area contributed by atoms with Crippen LogP contribution >= 0.6 is 11.3 Å². The molecular weight excluding hydrogens is 318 g/mol. The third kappa shape index (κ3) is 2.73. The highest BCUT2D eigenvalue weighted by Gasteiger charge is 2.38. The number of aromatic nitrogens is 2. The van der Waals surface area contributed by atoms with Gasteiger partial charge in [-0.2, -0.15) is 0 Å². The first-order valence-corrected chi connectivity index (χ1v) is 9.87. The Labute approximate surface area is 147 Å². The number of carbonyl (C=O) groups excluding carboxylic acids is 1. The number of hydrogen-bond donors (Lipinski definition) is 1. The average Bonchev–Trinajstić information content (AvgIpc) is 3.21. The number of hydrogen-bond acceptors (Lipinski definition) is 4. The first kappa shape index (κ1) is 16.0. The van der Waals surface area contributed by atoms with E-state index in [4.69, 9.17) is 0 Å². The molecule has 0 radical (unpaired) electrons. The molecule has 2 aromatic heterocycles. The molecule has 0 spiro atoms. The first-order valence-electron chi connectivity index (χ1n) is 9.05. The van der Waals surface area contributed by atoms with Crippen molar-refractivity contribution in [2.24, 2.45) is 17.8 Å². The Morgan fingerprint density at radius 2 is 2.04 bits per heavy atom. The van der Waals surface area contributed by atoms with Crippen molar-refractivity contribution >= 4 is 27.5 Å². The number of carbonyl (C=O) groups is 1. The Balaban J connectivity index is 1.44. The van der Waals surface area contributed by atoms with Gasteiger partial charge in [-0.1, -0.05) is 6.42 Å². The van der Waals surface area contributed by atoms with E-state index in [1.54, 1.807) is 0 Å². The van der Waals surface area contributed by atoms with E-state index in [9.17, 15) is 4.79 Å². The van der Waals surface area contributed by atoms with Crippen LogP contribution < -0.4 is 5.32 Å². The van der Waals surface area contributed by atoms with Gasteiger partial charge in [-0.05, 0) is 69.8 Å². The third-order valence-corrected chi connectivity index (χ3v) is 7.16. The van der Waals surface area contributed by atoms with Crippen molar-refractivity contribution in [2.45, 2.75) is 52.9 Å². The van der Waals surface area contributed by atoms with Gasteiger partial charge in [-0.15, -0.1) is 11.3 Å². The SMILES string of the molecule is Cc1nc(C)c2c(C)c(C(=O)NCC[C@@H]3C[C@H]4CC[C@H]3C4)sc2n1. The molecule has 0 aromatic carbocycles. The molecule has 1 N–H and O–H groups in total. The molecule has 4 nitrogen and oxygen atoms in total. The standard InChI is InChI=1S/C19H25N3OS/c1-10-16-11(2)21-12(3)22-19(16)24-17(10)18(23)20-7-6-15-9-13-4-5-14(15)8-13/h13-15H,4-9H2,1-3H3,(H,20,23)/t13-,14-,15+/m0/s1. The number of fused-ring (bicyclic) bond motifs is 3. The van der Waals surface area contributed by atoms with Crippen LogP contribution in [0.15, 0.2) is 0 Å². The Bertz CT molecular complexity index is 797. The second-order valence-electron chi connectivity index (χ2n) is 7.57. The van der Waals surface area contributed by atoms with Crippen LogP contribution in [-0.2, 0) is 0 Å². The maximum atomic E-state index is 12.6. The highest BCUT2D eigenvalue weighted by molar-refractivity contribution is 7.20. The molecule has 5 heteroatoms. The van der Waals surface area contributed by atoms with E-state index in [1.807, 2.05) is 20.8 Å². The van der Waals surface area contributed by atoms with Gasteiger partial charge in [0.25, 0.3) is 5.91 Å². The van der Waals surface area contributed by atoms with Crippen molar-refractivity contribution in [3.05, 3.63) is 22.0 Å². The average molecular weight is 343 g/mol. The molecule has 3 atom stereocenters. The molecular formula is C19H25N3OS. The van der Waals surface area contributed by atoms with Gasteiger partial charge in [0.1, 0.15) is 10.7 Å². The zero-order valence-corrected chi connectivity index (χ0v) is 15.5. The number of amides is 1. The molecule has 2 aliphatic carbocycles. The van der Waals surface area contributed by atoms with Gasteiger partial charge in [-0.25, -0.2) is 9.97 Å². The van der Waals surface area contributed by atoms with Crippen LogP contribution in [0, 0.1) is 38.5 Å². The maximum Gasteiger partial charge on any atom is 0.261 e. The van der Waals surface area contributed by atoms with E-state index in [0.29, 0.717) is 0 Å². The monoisotopic (exact) mass is 343 g/mol. The maximum absolute atomic E-state index is 12.6. The van der Waals surface area contributed by atoms with Gasteiger partial charge in [0, 0.05) is 17.6 Å². The molecule has 2 heterocycles. The fourth-order valence-electron chi connectivity index (χ4n) is 4.87. The molecule has 2 bridgehead atoms. The molecule has 0 unspecified atom stereocenters. The topological polar surface area (TPSA) is 54.9 Å². The summed E-state index contributed by atoms with van der Waals surface area (Å²) in [6.45, 7) is 6.70. The Morgan fingerprint density at radius 3 is 2.75 bits per heavy atom. The van der Waals surface area contributed by atoms with Crippen molar-refractivity contribution in [1.29, 1.82) is 0 Å². The van der Waals surface area contributed by atoms with Crippen molar-refractivity contribution < 1.29 is 4.79 Å². The lowest BCUT2D eigenvalue weighted by Gasteiger charge is -2.21. The summed E-state index contributed by atoms with van der Waals surface area (Å²) < 4.78 is 0. The molecule has 0 saturated heterocycles. The van der Waals surface area contributed by atoms with Crippen LogP contribution in [0.25, 0.3) is 10.2 Å². The summed E-state index contributed by atoms with van der Waals surface area (Å²) in [5.41, 5.74) is 1.98. The van der Waals surface area contributed by atoms with Crippen molar-refractivity contribution in [3.8, 4) is 0 Å². The highest BCUT2D eigenvalue weighted by atomic mass is 32.1. The number of nitrogens with zero attached hydrogens (tertiary/aromatic N) is 2. The molecule has 24 heavy (non-hydrogen) atoms. The van der Waals surface area contributed by atoms with Gasteiger partial charge in [0.05, 0.1) is 4.88 Å². The van der Waals surface area contributed by atoms with E-state index >= 15 is 0 Å². The van der Waals surface area contributed by atoms with E-state index in [1.165, 1.54) is 37.0 Å². The van der Waals surface area contributed by atoms with Gasteiger partial charge >= 0.3 is 0 Å². The number of aryl methyl sites for hydroxylation is 3. The minimum atomic E-state index is 0.0516. The summed E-state index contributed by atoms with van der Waals surface area (Å²) in [4.78, 5) is 23.3. The fraction of sp³-hybridized carbons (Fsp3) is 0.632. The van der Waals surface area contributed by atoms with Crippen LogP contribution in [0.1, 0.15) is 58.9 Å². The molecule has 2 aliphatic rings. The van der Waals surface area contributed by atoms with Crippen LogP contribution in [-0.4, -0.2) is 22.4 Å². The quantitative estimate of drug-likeness (QED) is 0.906. The van der Waals surface area contributed by atoms with E-state index in [0.717, 1.165) is 62.9 Å². The van der Waals surface area contributed by atoms with Gasteiger partial charge in [0.15, 0.2) is 0 Å². The second kappa shape index (κ2) is 6.10. The van der Waals surface area contributed by atoms with Gasteiger partial charge in [0.2, 0.25) is 0 Å².